The van der Waals surface area contributed by atoms with Gasteiger partial charge >= 0.3 is 0 Å². The summed E-state index contributed by atoms with van der Waals surface area (Å²) in [6.45, 7) is 8.75. The van der Waals surface area contributed by atoms with Gasteiger partial charge < -0.3 is 10.2 Å². The van der Waals surface area contributed by atoms with E-state index >= 15 is 0 Å². The van der Waals surface area contributed by atoms with Crippen molar-refractivity contribution in [3.05, 3.63) is 59.9 Å². The van der Waals surface area contributed by atoms with Crippen molar-refractivity contribution < 1.29 is 0 Å². The Bertz CT molecular complexity index is 741. The van der Waals surface area contributed by atoms with Crippen LogP contribution in [0.4, 0.5) is 0 Å². The number of hydrogen-bond donors (Lipinski definition) is 1. The van der Waals surface area contributed by atoms with Gasteiger partial charge in [0.2, 0.25) is 0 Å². The molecule has 0 bridgehead atoms. The summed E-state index contributed by atoms with van der Waals surface area (Å²) < 4.78 is 1.82. The molecule has 144 valence electrons. The molecule has 1 aliphatic rings. The predicted octanol–water partition coefficient (Wildman–Crippen LogP) is 2.22. The van der Waals surface area contributed by atoms with E-state index in [1.54, 1.807) is 0 Å². The van der Waals surface area contributed by atoms with Crippen LogP contribution in [0, 0.1) is 0 Å². The van der Waals surface area contributed by atoms with E-state index in [1.807, 2.05) is 30.2 Å². The fourth-order valence-corrected chi connectivity index (χ4v) is 3.19. The minimum Gasteiger partial charge on any atom is -0.357 e. The Kier molecular flexibility index (Phi) is 7.04. The molecule has 6 heteroatoms. The van der Waals surface area contributed by atoms with Gasteiger partial charge in [-0.2, -0.15) is 5.10 Å². The molecule has 0 aliphatic carbocycles. The highest BCUT2D eigenvalue weighted by Gasteiger charge is 2.18. The zero-order valence-electron chi connectivity index (χ0n) is 16.4. The predicted molar refractivity (Wildman–Crippen MR) is 112 cm³/mol. The standard InChI is InChI=1S/C21H30N6/c1-3-22-21(23-16-20-17-24-25(2)18-20)27-14-12-26(13-15-27)11-7-10-19-8-5-4-6-9-19/h4-10,17-18H,3,11-16H2,1-2H3,(H,22,23). The molecule has 1 aliphatic heterocycles. The van der Waals surface area contributed by atoms with E-state index in [9.17, 15) is 0 Å². The van der Waals surface area contributed by atoms with Crippen molar-refractivity contribution in [3.8, 4) is 0 Å². The van der Waals surface area contributed by atoms with E-state index < -0.39 is 0 Å². The Morgan fingerprint density at radius 3 is 2.63 bits per heavy atom. The smallest absolute Gasteiger partial charge is 0.194 e. The highest BCUT2D eigenvalue weighted by molar-refractivity contribution is 5.80. The first-order valence-electron chi connectivity index (χ1n) is 9.69. The molecular weight excluding hydrogens is 336 g/mol. The van der Waals surface area contributed by atoms with E-state index in [4.69, 9.17) is 4.99 Å². The van der Waals surface area contributed by atoms with Crippen LogP contribution in [0.1, 0.15) is 18.1 Å². The molecule has 0 unspecified atom stereocenters. The van der Waals surface area contributed by atoms with Crippen LogP contribution in [0.2, 0.25) is 0 Å². The maximum Gasteiger partial charge on any atom is 0.194 e. The molecular formula is C21H30N6. The lowest BCUT2D eigenvalue weighted by Gasteiger charge is -2.36. The lowest BCUT2D eigenvalue weighted by molar-refractivity contribution is 0.194. The second-order valence-corrected chi connectivity index (χ2v) is 6.79. The molecule has 2 aromatic rings. The van der Waals surface area contributed by atoms with Gasteiger partial charge in [-0.05, 0) is 12.5 Å². The second-order valence-electron chi connectivity index (χ2n) is 6.79. The fraction of sp³-hybridized carbons (Fsp3) is 0.429. The van der Waals surface area contributed by atoms with Crippen molar-refractivity contribution in [2.24, 2.45) is 12.0 Å². The summed E-state index contributed by atoms with van der Waals surface area (Å²) in [5.74, 6) is 1.00. The molecule has 0 amide bonds. The quantitative estimate of drug-likeness (QED) is 0.629. The topological polar surface area (TPSA) is 48.7 Å². The summed E-state index contributed by atoms with van der Waals surface area (Å²) in [5, 5.41) is 7.64. The highest BCUT2D eigenvalue weighted by atomic mass is 15.3. The average Bonchev–Trinajstić information content (AvgIpc) is 3.12. The molecule has 2 heterocycles. The van der Waals surface area contributed by atoms with Gasteiger partial charge in [-0.25, -0.2) is 4.99 Å². The summed E-state index contributed by atoms with van der Waals surface area (Å²) in [5.41, 5.74) is 2.39. The molecule has 3 rings (SSSR count). The monoisotopic (exact) mass is 366 g/mol. The van der Waals surface area contributed by atoms with Crippen molar-refractivity contribution >= 4 is 12.0 Å². The molecule has 1 N–H and O–H groups in total. The zero-order valence-corrected chi connectivity index (χ0v) is 16.4. The third-order valence-electron chi connectivity index (χ3n) is 4.65. The normalized spacial score (nSPS) is 16.2. The molecule has 1 aromatic heterocycles. The van der Waals surface area contributed by atoms with Crippen LogP contribution in [-0.4, -0.2) is 64.8 Å². The zero-order chi connectivity index (χ0) is 18.9. The van der Waals surface area contributed by atoms with Gasteiger partial charge in [0.05, 0.1) is 12.7 Å². The SMILES string of the molecule is CCNC(=NCc1cnn(C)c1)N1CCN(CC=Cc2ccccc2)CC1. The number of nitrogens with one attached hydrogen (secondary N) is 1. The summed E-state index contributed by atoms with van der Waals surface area (Å²) in [7, 11) is 1.93. The molecule has 0 spiro atoms. The molecule has 6 nitrogen and oxygen atoms in total. The van der Waals surface area contributed by atoms with E-state index in [-0.39, 0.29) is 0 Å². The molecule has 1 aromatic carbocycles. The number of piperazine rings is 1. The molecule has 27 heavy (non-hydrogen) atoms. The number of benzene rings is 1. The van der Waals surface area contributed by atoms with Crippen LogP contribution in [0.25, 0.3) is 6.08 Å². The van der Waals surface area contributed by atoms with Gasteiger partial charge in [0.15, 0.2) is 5.96 Å². The van der Waals surface area contributed by atoms with Gasteiger partial charge in [0.1, 0.15) is 0 Å². The van der Waals surface area contributed by atoms with Crippen LogP contribution >= 0.6 is 0 Å². The fourth-order valence-electron chi connectivity index (χ4n) is 3.19. The second kappa shape index (κ2) is 9.92. The third-order valence-corrected chi connectivity index (χ3v) is 4.65. The summed E-state index contributed by atoms with van der Waals surface area (Å²) in [4.78, 5) is 9.64. The van der Waals surface area contributed by atoms with E-state index in [2.05, 4.69) is 63.6 Å². The third kappa shape index (κ3) is 5.96. The number of rotatable bonds is 6. The highest BCUT2D eigenvalue weighted by Crippen LogP contribution is 2.06. The Morgan fingerprint density at radius 1 is 1.19 bits per heavy atom. The Hall–Kier alpha value is -2.60. The number of aromatic nitrogens is 2. The molecule has 0 atom stereocenters. The van der Waals surface area contributed by atoms with Crippen molar-refractivity contribution in [2.45, 2.75) is 13.5 Å². The van der Waals surface area contributed by atoms with Gasteiger partial charge in [0, 0.05) is 58.1 Å². The van der Waals surface area contributed by atoms with Crippen LogP contribution in [0.5, 0.6) is 0 Å². The molecule has 0 radical (unpaired) electrons. The molecule has 1 fully saturated rings. The van der Waals surface area contributed by atoms with Crippen LogP contribution < -0.4 is 5.32 Å². The van der Waals surface area contributed by atoms with Gasteiger partial charge in [0.25, 0.3) is 0 Å². The number of aryl methyl sites for hydroxylation is 1. The van der Waals surface area contributed by atoms with Crippen molar-refractivity contribution in [1.82, 2.24) is 24.9 Å². The minimum atomic E-state index is 0.663. The van der Waals surface area contributed by atoms with Crippen molar-refractivity contribution in [1.29, 1.82) is 0 Å². The maximum atomic E-state index is 4.79. The molecule has 0 saturated carbocycles. The van der Waals surface area contributed by atoms with Gasteiger partial charge in [-0.15, -0.1) is 0 Å². The summed E-state index contributed by atoms with van der Waals surface area (Å²) >= 11 is 0. The van der Waals surface area contributed by atoms with Crippen molar-refractivity contribution in [3.63, 3.8) is 0 Å². The number of hydrogen-bond acceptors (Lipinski definition) is 3. The van der Waals surface area contributed by atoms with Gasteiger partial charge in [-0.1, -0.05) is 42.5 Å². The van der Waals surface area contributed by atoms with Crippen LogP contribution in [0.3, 0.4) is 0 Å². The number of nitrogens with zero attached hydrogens (tertiary/aromatic N) is 5. The first-order valence-corrected chi connectivity index (χ1v) is 9.69. The first kappa shape index (κ1) is 19.2. The van der Waals surface area contributed by atoms with E-state index in [0.29, 0.717) is 6.54 Å². The Morgan fingerprint density at radius 2 is 1.96 bits per heavy atom. The lowest BCUT2D eigenvalue weighted by atomic mass is 10.2. The Balaban J connectivity index is 1.49. The largest absolute Gasteiger partial charge is 0.357 e. The van der Waals surface area contributed by atoms with E-state index in [1.165, 1.54) is 5.56 Å². The van der Waals surface area contributed by atoms with Gasteiger partial charge in [-0.3, -0.25) is 9.58 Å². The maximum absolute atomic E-state index is 4.79. The Labute approximate surface area is 162 Å². The lowest BCUT2D eigenvalue weighted by Crippen LogP contribution is -2.52. The number of guanidine groups is 1. The molecule has 1 saturated heterocycles. The average molecular weight is 367 g/mol. The number of aliphatic imine (C=N–C) groups is 1. The van der Waals surface area contributed by atoms with Crippen LogP contribution in [-0.2, 0) is 13.6 Å². The van der Waals surface area contributed by atoms with Crippen LogP contribution in [0.15, 0.2) is 53.8 Å². The summed E-state index contributed by atoms with van der Waals surface area (Å²) in [6, 6.07) is 10.5. The first-order chi connectivity index (χ1) is 13.2. The summed E-state index contributed by atoms with van der Waals surface area (Å²) in [6.07, 6.45) is 8.35. The minimum absolute atomic E-state index is 0.663. The van der Waals surface area contributed by atoms with Crippen molar-refractivity contribution in [2.75, 3.05) is 39.3 Å². The van der Waals surface area contributed by atoms with E-state index in [0.717, 1.165) is 50.8 Å².